The van der Waals surface area contributed by atoms with Crippen molar-refractivity contribution in [2.24, 2.45) is 5.73 Å². The molecule has 1 aromatic carbocycles. The number of hydrogen-bond donors (Lipinski definition) is 1. The van der Waals surface area contributed by atoms with Crippen LogP contribution >= 0.6 is 0 Å². The molecule has 1 saturated heterocycles. The highest BCUT2D eigenvalue weighted by molar-refractivity contribution is 5.87. The van der Waals surface area contributed by atoms with Gasteiger partial charge in [-0.2, -0.15) is 0 Å². The fourth-order valence-corrected chi connectivity index (χ4v) is 1.64. The predicted molar refractivity (Wildman–Crippen MR) is 54.7 cm³/mol. The average molecular weight is 208 g/mol. The summed E-state index contributed by atoms with van der Waals surface area (Å²) in [5.74, 6) is -0.224. The third-order valence-electron chi connectivity index (χ3n) is 2.63. The van der Waals surface area contributed by atoms with Crippen LogP contribution in [0.5, 0.6) is 0 Å². The summed E-state index contributed by atoms with van der Waals surface area (Å²) in [7, 11) is 0. The van der Waals surface area contributed by atoms with Crippen LogP contribution in [-0.2, 0) is 11.2 Å². The van der Waals surface area contributed by atoms with Gasteiger partial charge in [-0.25, -0.2) is 4.39 Å². The van der Waals surface area contributed by atoms with Crippen molar-refractivity contribution < 1.29 is 9.18 Å². The second kappa shape index (κ2) is 3.98. The van der Waals surface area contributed by atoms with Crippen molar-refractivity contribution in [3.8, 4) is 0 Å². The van der Waals surface area contributed by atoms with E-state index in [9.17, 15) is 9.18 Å². The van der Waals surface area contributed by atoms with Crippen LogP contribution in [0, 0.1) is 5.82 Å². The maximum atomic E-state index is 12.6. The Morgan fingerprint density at radius 1 is 1.40 bits per heavy atom. The van der Waals surface area contributed by atoms with E-state index >= 15 is 0 Å². The van der Waals surface area contributed by atoms with Gasteiger partial charge in [0.25, 0.3) is 0 Å². The van der Waals surface area contributed by atoms with Gasteiger partial charge in [-0.15, -0.1) is 0 Å². The van der Waals surface area contributed by atoms with Gasteiger partial charge in [-0.3, -0.25) is 4.79 Å². The molecule has 0 spiro atoms. The van der Waals surface area contributed by atoms with Gasteiger partial charge in [-0.05, 0) is 24.1 Å². The van der Waals surface area contributed by atoms with Gasteiger partial charge in [0.15, 0.2) is 0 Å². The molecule has 0 aliphatic carbocycles. The number of carbonyl (C=O) groups is 1. The molecule has 1 unspecified atom stereocenters. The highest BCUT2D eigenvalue weighted by Gasteiger charge is 2.32. The van der Waals surface area contributed by atoms with Crippen molar-refractivity contribution in [1.82, 2.24) is 4.90 Å². The summed E-state index contributed by atoms with van der Waals surface area (Å²) in [6.07, 6.45) is 0.749. The van der Waals surface area contributed by atoms with Crippen LogP contribution in [0.25, 0.3) is 0 Å². The highest BCUT2D eigenvalue weighted by Crippen LogP contribution is 2.10. The lowest BCUT2D eigenvalue weighted by Gasteiger charge is -2.36. The number of hydrogen-bond acceptors (Lipinski definition) is 2. The molecule has 80 valence electrons. The Morgan fingerprint density at radius 2 is 2.07 bits per heavy atom. The van der Waals surface area contributed by atoms with Crippen LogP contribution in [0.1, 0.15) is 5.56 Å². The summed E-state index contributed by atoms with van der Waals surface area (Å²) in [6, 6.07) is 6.02. The zero-order chi connectivity index (χ0) is 10.8. The van der Waals surface area contributed by atoms with E-state index in [1.54, 1.807) is 17.0 Å². The number of nitrogens with zero attached hydrogens (tertiary/aromatic N) is 1. The number of nitrogens with two attached hydrogens (primary N) is 1. The van der Waals surface area contributed by atoms with E-state index in [-0.39, 0.29) is 17.8 Å². The Hall–Kier alpha value is -1.42. The Kier molecular flexibility index (Phi) is 2.68. The monoisotopic (exact) mass is 208 g/mol. The van der Waals surface area contributed by atoms with E-state index in [4.69, 9.17) is 5.73 Å². The molecule has 1 fully saturated rings. The van der Waals surface area contributed by atoms with Crippen LogP contribution in [0.4, 0.5) is 4.39 Å². The van der Waals surface area contributed by atoms with Gasteiger partial charge in [0.1, 0.15) is 11.9 Å². The molecule has 1 atom stereocenters. The van der Waals surface area contributed by atoms with Gasteiger partial charge in [0.2, 0.25) is 5.91 Å². The maximum absolute atomic E-state index is 12.6. The molecule has 4 heteroatoms. The third kappa shape index (κ3) is 2.15. The van der Waals surface area contributed by atoms with E-state index < -0.39 is 0 Å². The lowest BCUT2D eigenvalue weighted by atomic mass is 10.1. The number of rotatable bonds is 3. The molecule has 2 rings (SSSR count). The topological polar surface area (TPSA) is 46.3 Å². The van der Waals surface area contributed by atoms with Gasteiger partial charge < -0.3 is 10.6 Å². The summed E-state index contributed by atoms with van der Waals surface area (Å²) < 4.78 is 12.6. The number of benzene rings is 1. The molecule has 0 bridgehead atoms. The van der Waals surface area contributed by atoms with Crippen molar-refractivity contribution >= 4 is 5.91 Å². The predicted octanol–water partition coefficient (Wildman–Crippen LogP) is 0.538. The normalized spacial score (nSPS) is 20.3. The van der Waals surface area contributed by atoms with E-state index in [0.717, 1.165) is 12.0 Å². The Morgan fingerprint density at radius 3 is 2.60 bits per heavy atom. The molecule has 3 nitrogen and oxygen atoms in total. The average Bonchev–Trinajstić information content (AvgIpc) is 2.26. The lowest BCUT2D eigenvalue weighted by molar-refractivity contribution is -0.142. The van der Waals surface area contributed by atoms with Crippen LogP contribution in [0.2, 0.25) is 0 Å². The molecule has 0 aromatic heterocycles. The van der Waals surface area contributed by atoms with Crippen molar-refractivity contribution in [1.29, 1.82) is 0 Å². The van der Waals surface area contributed by atoms with Crippen molar-refractivity contribution in [2.45, 2.75) is 12.5 Å². The molecule has 15 heavy (non-hydrogen) atoms. The zero-order valence-corrected chi connectivity index (χ0v) is 8.32. The van der Waals surface area contributed by atoms with E-state index in [2.05, 4.69) is 0 Å². The summed E-state index contributed by atoms with van der Waals surface area (Å²) in [4.78, 5) is 12.9. The number of amides is 1. The number of halogens is 1. The van der Waals surface area contributed by atoms with E-state index in [0.29, 0.717) is 13.1 Å². The first kappa shape index (κ1) is 10.1. The minimum atomic E-state index is -0.307. The first-order valence-corrected chi connectivity index (χ1v) is 4.95. The van der Waals surface area contributed by atoms with Crippen LogP contribution in [0.15, 0.2) is 24.3 Å². The van der Waals surface area contributed by atoms with Crippen LogP contribution in [-0.4, -0.2) is 29.9 Å². The Labute approximate surface area is 87.7 Å². The fraction of sp³-hybridized carbons (Fsp3) is 0.364. The summed E-state index contributed by atoms with van der Waals surface area (Å²) in [5, 5.41) is 0. The summed E-state index contributed by atoms with van der Waals surface area (Å²) >= 11 is 0. The van der Waals surface area contributed by atoms with Crippen LogP contribution in [0.3, 0.4) is 0 Å². The van der Waals surface area contributed by atoms with Gasteiger partial charge in [-0.1, -0.05) is 12.1 Å². The molecule has 1 aliphatic rings. The van der Waals surface area contributed by atoms with Crippen molar-refractivity contribution in [3.05, 3.63) is 35.6 Å². The van der Waals surface area contributed by atoms with Gasteiger partial charge >= 0.3 is 0 Å². The summed E-state index contributed by atoms with van der Waals surface area (Å²) in [6.45, 7) is 1.30. The molecule has 1 aromatic rings. The molecule has 1 amide bonds. The first-order valence-electron chi connectivity index (χ1n) is 4.95. The third-order valence-corrected chi connectivity index (χ3v) is 2.63. The minimum absolute atomic E-state index is 0.0112. The molecular weight excluding hydrogens is 195 g/mol. The molecule has 1 heterocycles. The summed E-state index contributed by atoms with van der Waals surface area (Å²) in [5.41, 5.74) is 6.49. The maximum Gasteiger partial charge on any atom is 0.241 e. The van der Waals surface area contributed by atoms with Crippen LogP contribution < -0.4 is 5.73 Å². The zero-order valence-electron chi connectivity index (χ0n) is 8.32. The molecular formula is C11H13FN2O. The second-order valence-corrected chi connectivity index (χ2v) is 3.77. The smallest absolute Gasteiger partial charge is 0.241 e. The molecule has 1 aliphatic heterocycles. The van der Waals surface area contributed by atoms with Crippen molar-refractivity contribution in [3.63, 3.8) is 0 Å². The quantitative estimate of drug-likeness (QED) is 0.737. The largest absolute Gasteiger partial charge is 0.339 e. The second-order valence-electron chi connectivity index (χ2n) is 3.77. The lowest BCUT2D eigenvalue weighted by Crippen LogP contribution is -2.61. The highest BCUT2D eigenvalue weighted by atomic mass is 19.1. The van der Waals surface area contributed by atoms with Gasteiger partial charge in [0.05, 0.1) is 0 Å². The fourth-order valence-electron chi connectivity index (χ4n) is 1.64. The van der Waals surface area contributed by atoms with Crippen molar-refractivity contribution in [2.75, 3.05) is 13.1 Å². The molecule has 0 saturated carbocycles. The SMILES string of the molecule is NC1CN(CCc2ccc(F)cc2)C1=O. The van der Waals surface area contributed by atoms with Gasteiger partial charge in [0, 0.05) is 13.1 Å². The molecule has 2 N–H and O–H groups in total. The van der Waals surface area contributed by atoms with E-state index in [1.165, 1.54) is 12.1 Å². The number of β-lactam (4-membered cyclic amide) rings is 1. The minimum Gasteiger partial charge on any atom is -0.339 e. The molecule has 0 radical (unpaired) electrons. The Bertz CT molecular complexity index is 363. The number of likely N-dealkylation sites (tertiary alicyclic amines) is 1. The number of carbonyl (C=O) groups excluding carboxylic acids is 1. The standard InChI is InChI=1S/C11H13FN2O/c12-9-3-1-8(2-4-9)5-6-14-7-10(13)11(14)15/h1-4,10H,5-7,13H2. The van der Waals surface area contributed by atoms with E-state index in [1.807, 2.05) is 0 Å². The first-order chi connectivity index (χ1) is 7.16. The Balaban J connectivity index is 1.84.